The second-order valence-corrected chi connectivity index (χ2v) is 8.16. The first-order valence-corrected chi connectivity index (χ1v) is 9.30. The van der Waals surface area contributed by atoms with Crippen LogP contribution >= 0.6 is 0 Å². The van der Waals surface area contributed by atoms with E-state index in [-0.39, 0.29) is 12.4 Å². The molecule has 1 amide bonds. The van der Waals surface area contributed by atoms with Gasteiger partial charge in [0.2, 0.25) is 5.88 Å². The topological polar surface area (TPSA) is 96.9 Å². The SMILES string of the molecule is CN=C(NCc1cccnc1OCC(F)(F)F)NCC(C)(C)NC(=O)OC(C)(C)C. The van der Waals surface area contributed by atoms with Gasteiger partial charge in [-0.1, -0.05) is 6.07 Å². The van der Waals surface area contributed by atoms with Gasteiger partial charge in [-0.15, -0.1) is 0 Å². The summed E-state index contributed by atoms with van der Waals surface area (Å²) in [4.78, 5) is 19.9. The van der Waals surface area contributed by atoms with Crippen LogP contribution in [0.5, 0.6) is 5.88 Å². The molecule has 1 rings (SSSR count). The van der Waals surface area contributed by atoms with E-state index in [1.54, 1.807) is 53.8 Å². The van der Waals surface area contributed by atoms with Crippen LogP contribution < -0.4 is 20.7 Å². The van der Waals surface area contributed by atoms with Crippen LogP contribution in [0.4, 0.5) is 18.0 Å². The summed E-state index contributed by atoms with van der Waals surface area (Å²) in [5.74, 6) is 0.282. The third-order valence-electron chi connectivity index (χ3n) is 3.43. The third kappa shape index (κ3) is 10.7. The quantitative estimate of drug-likeness (QED) is 0.452. The van der Waals surface area contributed by atoms with Crippen molar-refractivity contribution in [1.29, 1.82) is 0 Å². The largest absolute Gasteiger partial charge is 0.468 e. The van der Waals surface area contributed by atoms with Gasteiger partial charge in [-0.3, -0.25) is 4.99 Å². The normalized spacial score (nSPS) is 12.9. The van der Waals surface area contributed by atoms with Gasteiger partial charge in [0.15, 0.2) is 12.6 Å². The lowest BCUT2D eigenvalue weighted by Crippen LogP contribution is -2.54. The highest BCUT2D eigenvalue weighted by Crippen LogP contribution is 2.19. The molecule has 0 fully saturated rings. The van der Waals surface area contributed by atoms with Crippen molar-refractivity contribution in [2.24, 2.45) is 4.99 Å². The fourth-order valence-corrected chi connectivity index (χ4v) is 2.17. The monoisotopic (exact) mass is 433 g/mol. The smallest absolute Gasteiger partial charge is 0.422 e. The Hall–Kier alpha value is -2.72. The van der Waals surface area contributed by atoms with Gasteiger partial charge in [0, 0.05) is 31.9 Å². The minimum atomic E-state index is -4.45. The molecule has 0 unspecified atom stereocenters. The molecule has 0 saturated carbocycles. The Balaban J connectivity index is 2.61. The number of amides is 1. The zero-order valence-electron chi connectivity index (χ0n) is 18.1. The number of ether oxygens (including phenoxy) is 2. The Bertz CT molecular complexity index is 731. The maximum Gasteiger partial charge on any atom is 0.422 e. The van der Waals surface area contributed by atoms with E-state index < -0.39 is 30.0 Å². The van der Waals surface area contributed by atoms with E-state index in [1.807, 2.05) is 0 Å². The van der Waals surface area contributed by atoms with Crippen LogP contribution in [0.1, 0.15) is 40.2 Å². The van der Waals surface area contributed by atoms with Crippen molar-refractivity contribution in [2.45, 2.75) is 58.5 Å². The van der Waals surface area contributed by atoms with Crippen LogP contribution in [-0.2, 0) is 11.3 Å². The van der Waals surface area contributed by atoms with Crippen LogP contribution in [0.3, 0.4) is 0 Å². The number of alkyl halides is 3. The number of aromatic nitrogens is 1. The van der Waals surface area contributed by atoms with E-state index in [2.05, 4.69) is 25.9 Å². The highest BCUT2D eigenvalue weighted by atomic mass is 19.4. The molecule has 0 radical (unpaired) electrons. The number of hydrogen-bond acceptors (Lipinski definition) is 5. The van der Waals surface area contributed by atoms with E-state index in [9.17, 15) is 18.0 Å². The fraction of sp³-hybridized carbons (Fsp3) is 0.632. The number of rotatable bonds is 7. The molecule has 0 aliphatic carbocycles. The molecule has 0 atom stereocenters. The molecule has 1 aromatic rings. The van der Waals surface area contributed by atoms with E-state index in [1.165, 1.54) is 6.20 Å². The number of nitrogens with one attached hydrogen (secondary N) is 3. The minimum Gasteiger partial charge on any atom is -0.468 e. The molecule has 0 aliphatic rings. The van der Waals surface area contributed by atoms with Crippen LogP contribution in [0, 0.1) is 0 Å². The predicted octanol–water partition coefficient (Wildman–Crippen LogP) is 2.99. The number of carbonyl (C=O) groups is 1. The Morgan fingerprint density at radius 1 is 1.17 bits per heavy atom. The first-order valence-electron chi connectivity index (χ1n) is 9.30. The average Bonchev–Trinajstić information content (AvgIpc) is 2.58. The fourth-order valence-electron chi connectivity index (χ4n) is 2.17. The molecule has 1 aromatic heterocycles. The summed E-state index contributed by atoms with van der Waals surface area (Å²) in [6.07, 6.45) is -3.64. The van der Waals surface area contributed by atoms with Crippen molar-refractivity contribution in [3.63, 3.8) is 0 Å². The van der Waals surface area contributed by atoms with Crippen LogP contribution in [0.2, 0.25) is 0 Å². The molecule has 8 nitrogen and oxygen atoms in total. The molecule has 0 aliphatic heterocycles. The van der Waals surface area contributed by atoms with Gasteiger partial charge in [-0.2, -0.15) is 13.2 Å². The van der Waals surface area contributed by atoms with Gasteiger partial charge >= 0.3 is 12.3 Å². The first-order chi connectivity index (χ1) is 13.7. The average molecular weight is 433 g/mol. The van der Waals surface area contributed by atoms with Gasteiger partial charge in [0.25, 0.3) is 0 Å². The number of carbonyl (C=O) groups excluding carboxylic acids is 1. The highest BCUT2D eigenvalue weighted by molar-refractivity contribution is 5.79. The molecule has 3 N–H and O–H groups in total. The zero-order valence-corrected chi connectivity index (χ0v) is 18.1. The standard InChI is InChI=1S/C19H30F3N5O3/c1-17(2,3)30-16(28)27-18(4,5)11-26-15(23-6)25-10-13-8-7-9-24-14(13)29-12-19(20,21)22/h7-9H,10-12H2,1-6H3,(H,27,28)(H2,23,25,26). The van der Waals surface area contributed by atoms with Crippen LogP contribution in [0.15, 0.2) is 23.3 Å². The number of alkyl carbamates (subject to hydrolysis) is 1. The summed E-state index contributed by atoms with van der Waals surface area (Å²) in [5, 5.41) is 8.80. The molecular formula is C19H30F3N5O3. The first kappa shape index (κ1) is 25.3. The van der Waals surface area contributed by atoms with Crippen molar-refractivity contribution in [3.05, 3.63) is 23.9 Å². The summed E-state index contributed by atoms with van der Waals surface area (Å²) in [7, 11) is 1.55. The molecule has 11 heteroatoms. The van der Waals surface area contributed by atoms with Crippen molar-refractivity contribution in [1.82, 2.24) is 20.9 Å². The van der Waals surface area contributed by atoms with E-state index in [4.69, 9.17) is 9.47 Å². The second-order valence-electron chi connectivity index (χ2n) is 8.16. The van der Waals surface area contributed by atoms with E-state index in [0.29, 0.717) is 18.1 Å². The Kier molecular flexibility index (Phi) is 8.74. The summed E-state index contributed by atoms with van der Waals surface area (Å²) in [6, 6.07) is 3.20. The van der Waals surface area contributed by atoms with Crippen molar-refractivity contribution in [2.75, 3.05) is 20.2 Å². The van der Waals surface area contributed by atoms with Crippen molar-refractivity contribution < 1.29 is 27.4 Å². The predicted molar refractivity (Wildman–Crippen MR) is 107 cm³/mol. The van der Waals surface area contributed by atoms with Gasteiger partial charge in [0.05, 0.1) is 5.54 Å². The van der Waals surface area contributed by atoms with Crippen molar-refractivity contribution in [3.8, 4) is 5.88 Å². The number of guanidine groups is 1. The number of nitrogens with zero attached hydrogens (tertiary/aromatic N) is 2. The van der Waals surface area contributed by atoms with Crippen LogP contribution in [0.25, 0.3) is 0 Å². The second kappa shape index (κ2) is 10.4. The molecule has 1 heterocycles. The molecule has 0 aromatic carbocycles. The Labute approximate surface area is 174 Å². The molecule has 30 heavy (non-hydrogen) atoms. The molecule has 0 saturated heterocycles. The zero-order chi connectivity index (χ0) is 23.0. The van der Waals surface area contributed by atoms with E-state index >= 15 is 0 Å². The maximum atomic E-state index is 12.4. The number of pyridine rings is 1. The molecule has 170 valence electrons. The van der Waals surface area contributed by atoms with Gasteiger partial charge in [-0.25, -0.2) is 9.78 Å². The van der Waals surface area contributed by atoms with Gasteiger partial charge in [0.1, 0.15) is 5.60 Å². The summed E-state index contributed by atoms with van der Waals surface area (Å²) in [5.41, 5.74) is -0.827. The summed E-state index contributed by atoms with van der Waals surface area (Å²) < 4.78 is 47.2. The van der Waals surface area contributed by atoms with Gasteiger partial charge < -0.3 is 25.4 Å². The molecule has 0 bridgehead atoms. The lowest BCUT2D eigenvalue weighted by atomic mass is 10.1. The Morgan fingerprint density at radius 2 is 1.83 bits per heavy atom. The molecule has 0 spiro atoms. The molecular weight excluding hydrogens is 403 g/mol. The third-order valence-corrected chi connectivity index (χ3v) is 3.43. The lowest BCUT2D eigenvalue weighted by molar-refractivity contribution is -0.154. The number of aliphatic imine (C=N–C) groups is 1. The Morgan fingerprint density at radius 3 is 2.40 bits per heavy atom. The summed E-state index contributed by atoms with van der Waals surface area (Å²) in [6.45, 7) is 7.96. The van der Waals surface area contributed by atoms with Gasteiger partial charge in [-0.05, 0) is 40.7 Å². The van der Waals surface area contributed by atoms with Crippen molar-refractivity contribution >= 4 is 12.1 Å². The summed E-state index contributed by atoms with van der Waals surface area (Å²) >= 11 is 0. The van der Waals surface area contributed by atoms with E-state index in [0.717, 1.165) is 0 Å². The minimum absolute atomic E-state index is 0.107. The number of hydrogen-bond donors (Lipinski definition) is 3. The maximum absolute atomic E-state index is 12.4. The number of halogens is 3. The lowest BCUT2D eigenvalue weighted by Gasteiger charge is -2.29. The van der Waals surface area contributed by atoms with Crippen LogP contribution in [-0.4, -0.2) is 54.6 Å². The highest BCUT2D eigenvalue weighted by Gasteiger charge is 2.29.